The molecule has 1 aliphatic rings. The molecule has 0 radical (unpaired) electrons. The van der Waals surface area contributed by atoms with Gasteiger partial charge in [-0.05, 0) is 31.5 Å². The van der Waals surface area contributed by atoms with Crippen molar-refractivity contribution in [2.24, 2.45) is 7.05 Å². The number of aliphatic hydroxyl groups is 1. The average molecular weight is 357 g/mol. The lowest BCUT2D eigenvalue weighted by molar-refractivity contribution is 0.194. The summed E-state index contributed by atoms with van der Waals surface area (Å²) in [7, 11) is 1.90. The third kappa shape index (κ3) is 3.06. The van der Waals surface area contributed by atoms with Gasteiger partial charge in [0.25, 0.3) is 0 Å². The number of aliphatic hydroxyl groups excluding tert-OH is 1. The van der Waals surface area contributed by atoms with Gasteiger partial charge in [-0.2, -0.15) is 0 Å². The Balaban J connectivity index is 1.46. The quantitative estimate of drug-likeness (QED) is 0.735. The smallest absolute Gasteiger partial charge is 0.408 e. The minimum absolute atomic E-state index is 0.101. The average Bonchev–Trinajstić information content (AvgIpc) is 3.19. The van der Waals surface area contributed by atoms with Crippen molar-refractivity contribution >= 4 is 11.1 Å². The maximum atomic E-state index is 12.1. The van der Waals surface area contributed by atoms with Crippen LogP contribution in [0.5, 0.6) is 0 Å². The summed E-state index contributed by atoms with van der Waals surface area (Å²) >= 11 is 0. The zero-order chi connectivity index (χ0) is 18.1. The molecule has 138 valence electrons. The Bertz CT molecular complexity index is 957. The second-order valence-corrected chi connectivity index (χ2v) is 6.82. The lowest BCUT2D eigenvalue weighted by Crippen LogP contribution is -2.38. The normalized spacial score (nSPS) is 18.6. The van der Waals surface area contributed by atoms with Gasteiger partial charge in [0.1, 0.15) is 12.4 Å². The van der Waals surface area contributed by atoms with Crippen LogP contribution in [0.1, 0.15) is 30.4 Å². The predicted octanol–water partition coefficient (Wildman–Crippen LogP) is 1.09. The molecular formula is C18H23N5O3. The summed E-state index contributed by atoms with van der Waals surface area (Å²) in [5.41, 5.74) is 1.47. The number of hydrogen-bond acceptors (Lipinski definition) is 6. The number of benzene rings is 1. The Kier molecular flexibility index (Phi) is 4.60. The number of hydrogen-bond donors (Lipinski definition) is 1. The van der Waals surface area contributed by atoms with Gasteiger partial charge in [0.15, 0.2) is 11.4 Å². The molecular weight excluding hydrogens is 334 g/mol. The number of oxazole rings is 1. The van der Waals surface area contributed by atoms with Gasteiger partial charge in [0, 0.05) is 32.6 Å². The highest BCUT2D eigenvalue weighted by atomic mass is 16.4. The number of aromatic nitrogens is 4. The van der Waals surface area contributed by atoms with Crippen molar-refractivity contribution in [1.82, 2.24) is 24.2 Å². The highest BCUT2D eigenvalue weighted by Crippen LogP contribution is 2.25. The Labute approximate surface area is 150 Å². The second-order valence-electron chi connectivity index (χ2n) is 6.82. The van der Waals surface area contributed by atoms with E-state index in [1.54, 1.807) is 4.57 Å². The van der Waals surface area contributed by atoms with Gasteiger partial charge in [0.05, 0.1) is 5.52 Å². The fourth-order valence-corrected chi connectivity index (χ4v) is 3.81. The maximum absolute atomic E-state index is 12.1. The number of rotatable bonds is 5. The van der Waals surface area contributed by atoms with Gasteiger partial charge in [0.2, 0.25) is 0 Å². The summed E-state index contributed by atoms with van der Waals surface area (Å²) in [4.78, 5) is 14.5. The van der Waals surface area contributed by atoms with Crippen molar-refractivity contribution in [2.45, 2.75) is 31.9 Å². The summed E-state index contributed by atoms with van der Waals surface area (Å²) < 4.78 is 8.89. The van der Waals surface area contributed by atoms with Crippen molar-refractivity contribution in [3.8, 4) is 0 Å². The lowest BCUT2D eigenvalue weighted by Gasteiger charge is -2.32. The number of nitrogens with zero attached hydrogens (tertiary/aromatic N) is 5. The van der Waals surface area contributed by atoms with E-state index in [1.165, 1.54) is 0 Å². The van der Waals surface area contributed by atoms with Gasteiger partial charge in [-0.25, -0.2) is 4.79 Å². The largest absolute Gasteiger partial charge is 0.419 e. The fraction of sp³-hybridized carbons (Fsp3) is 0.500. The molecule has 1 N–H and O–H groups in total. The predicted molar refractivity (Wildman–Crippen MR) is 95.8 cm³/mol. The summed E-state index contributed by atoms with van der Waals surface area (Å²) in [6.45, 7) is 3.16. The molecule has 1 saturated heterocycles. The van der Waals surface area contributed by atoms with Gasteiger partial charge >= 0.3 is 5.76 Å². The Morgan fingerprint density at radius 3 is 2.92 bits per heavy atom. The maximum Gasteiger partial charge on any atom is 0.419 e. The molecule has 0 bridgehead atoms. The van der Waals surface area contributed by atoms with Crippen LogP contribution in [0.4, 0.5) is 0 Å². The summed E-state index contributed by atoms with van der Waals surface area (Å²) in [5.74, 6) is 1.50. The fourth-order valence-electron chi connectivity index (χ4n) is 3.81. The van der Waals surface area contributed by atoms with Gasteiger partial charge < -0.3 is 19.0 Å². The molecule has 26 heavy (non-hydrogen) atoms. The molecule has 3 aromatic rings. The van der Waals surface area contributed by atoms with Crippen molar-refractivity contribution < 1.29 is 9.52 Å². The Hall–Kier alpha value is -2.45. The molecule has 0 amide bonds. The molecule has 8 heteroatoms. The molecule has 0 aliphatic carbocycles. The number of para-hydroxylation sites is 2. The Morgan fingerprint density at radius 2 is 2.12 bits per heavy atom. The topological polar surface area (TPSA) is 89.3 Å². The van der Waals surface area contributed by atoms with Crippen LogP contribution in [-0.4, -0.2) is 49.0 Å². The molecule has 1 aromatic carbocycles. The van der Waals surface area contributed by atoms with E-state index in [0.717, 1.165) is 43.8 Å². The van der Waals surface area contributed by atoms with Crippen LogP contribution in [0.15, 0.2) is 33.5 Å². The minimum Gasteiger partial charge on any atom is -0.408 e. The summed E-state index contributed by atoms with van der Waals surface area (Å²) in [6.07, 6.45) is 2.13. The van der Waals surface area contributed by atoms with E-state index >= 15 is 0 Å². The van der Waals surface area contributed by atoms with Crippen LogP contribution in [0.3, 0.4) is 0 Å². The van der Waals surface area contributed by atoms with E-state index < -0.39 is 0 Å². The summed E-state index contributed by atoms with van der Waals surface area (Å²) in [5, 5.41) is 17.6. The van der Waals surface area contributed by atoms with Crippen LogP contribution in [0.25, 0.3) is 11.1 Å². The van der Waals surface area contributed by atoms with E-state index in [0.29, 0.717) is 23.9 Å². The van der Waals surface area contributed by atoms with Gasteiger partial charge in [-0.3, -0.25) is 4.57 Å². The molecule has 1 atom stereocenters. The SMILES string of the molecule is Cn1c(CO)nnc1[C@H]1CCCN(CCn2c(=O)oc3ccccc32)C1. The molecule has 3 heterocycles. The molecule has 0 saturated carbocycles. The number of likely N-dealkylation sites (tertiary alicyclic amines) is 1. The van der Waals surface area contributed by atoms with E-state index in [1.807, 2.05) is 35.9 Å². The molecule has 1 aliphatic heterocycles. The highest BCUT2D eigenvalue weighted by molar-refractivity contribution is 5.72. The van der Waals surface area contributed by atoms with Crippen LogP contribution < -0.4 is 5.76 Å². The van der Waals surface area contributed by atoms with Crippen molar-refractivity contribution in [3.63, 3.8) is 0 Å². The molecule has 8 nitrogen and oxygen atoms in total. The van der Waals surface area contributed by atoms with Crippen molar-refractivity contribution in [3.05, 3.63) is 46.5 Å². The van der Waals surface area contributed by atoms with E-state index in [9.17, 15) is 9.90 Å². The van der Waals surface area contributed by atoms with Crippen LogP contribution in [0.2, 0.25) is 0 Å². The van der Waals surface area contributed by atoms with E-state index in [2.05, 4.69) is 15.1 Å². The molecule has 4 rings (SSSR count). The van der Waals surface area contributed by atoms with Crippen LogP contribution in [-0.2, 0) is 20.2 Å². The summed E-state index contributed by atoms with van der Waals surface area (Å²) in [6, 6.07) is 7.51. The monoisotopic (exact) mass is 357 g/mol. The van der Waals surface area contributed by atoms with Crippen LogP contribution >= 0.6 is 0 Å². The zero-order valence-electron chi connectivity index (χ0n) is 14.8. The Morgan fingerprint density at radius 1 is 1.27 bits per heavy atom. The third-order valence-electron chi connectivity index (χ3n) is 5.22. The van der Waals surface area contributed by atoms with Crippen molar-refractivity contribution in [1.29, 1.82) is 0 Å². The first-order valence-corrected chi connectivity index (χ1v) is 8.97. The third-order valence-corrected chi connectivity index (χ3v) is 5.22. The molecule has 0 unspecified atom stereocenters. The lowest BCUT2D eigenvalue weighted by atomic mass is 9.97. The standard InChI is InChI=1S/C18H23N5O3/c1-21-16(12-24)19-20-17(21)13-5-4-8-22(11-13)9-10-23-14-6-2-3-7-15(14)26-18(23)25/h2-3,6-7,13,24H,4-5,8-12H2,1H3/t13-/m0/s1. The van der Waals surface area contributed by atoms with Crippen LogP contribution in [0, 0.1) is 0 Å². The van der Waals surface area contributed by atoms with E-state index in [-0.39, 0.29) is 12.4 Å². The molecule has 0 spiro atoms. The molecule has 1 fully saturated rings. The van der Waals surface area contributed by atoms with Gasteiger partial charge in [-0.15, -0.1) is 10.2 Å². The zero-order valence-corrected chi connectivity index (χ0v) is 14.8. The first kappa shape index (κ1) is 17.0. The number of fused-ring (bicyclic) bond motifs is 1. The second kappa shape index (κ2) is 7.05. The molecule has 2 aromatic heterocycles. The van der Waals surface area contributed by atoms with E-state index in [4.69, 9.17) is 4.42 Å². The minimum atomic E-state index is -0.305. The number of piperidine rings is 1. The first-order valence-electron chi connectivity index (χ1n) is 8.97. The van der Waals surface area contributed by atoms with Crippen molar-refractivity contribution in [2.75, 3.05) is 19.6 Å². The van der Waals surface area contributed by atoms with Gasteiger partial charge in [-0.1, -0.05) is 12.1 Å². The highest BCUT2D eigenvalue weighted by Gasteiger charge is 2.26. The first-order chi connectivity index (χ1) is 12.7.